The molecule has 25 heavy (non-hydrogen) atoms. The number of fused-ring (bicyclic) bond motifs is 1. The van der Waals surface area contributed by atoms with E-state index in [0.29, 0.717) is 22.8 Å². The van der Waals surface area contributed by atoms with Crippen LogP contribution in [0.5, 0.6) is 11.5 Å². The summed E-state index contributed by atoms with van der Waals surface area (Å²) in [7, 11) is 3.17. The van der Waals surface area contributed by atoms with Crippen LogP contribution in [0.1, 0.15) is 0 Å². The highest BCUT2D eigenvalue weighted by Crippen LogP contribution is 2.33. The topological polar surface area (TPSA) is 83.5 Å². The first-order valence-electron chi connectivity index (χ1n) is 7.42. The number of rotatable bonds is 6. The van der Waals surface area contributed by atoms with E-state index >= 15 is 0 Å². The zero-order valence-electron chi connectivity index (χ0n) is 13.9. The molecular weight excluding hydrogens is 342 g/mol. The van der Waals surface area contributed by atoms with E-state index in [0.717, 1.165) is 10.2 Å². The lowest BCUT2D eigenvalue weighted by atomic mass is 10.3. The van der Waals surface area contributed by atoms with E-state index in [1.54, 1.807) is 20.3 Å². The minimum Gasteiger partial charge on any atom is -0.493 e. The number of carbonyl (C=O) groups is 1. The fraction of sp³-hybridized carbons (Fsp3) is 0.250. The molecule has 0 aliphatic carbocycles. The van der Waals surface area contributed by atoms with Crippen LogP contribution in [0.15, 0.2) is 42.4 Å². The first-order chi connectivity index (χ1) is 12.2. The fourth-order valence-electron chi connectivity index (χ4n) is 2.38. The predicted molar refractivity (Wildman–Crippen MR) is 93.7 cm³/mol. The summed E-state index contributed by atoms with van der Waals surface area (Å²) >= 11 is 1.40. The third-order valence-corrected chi connectivity index (χ3v) is 4.53. The minimum atomic E-state index is -0.311. The van der Waals surface area contributed by atoms with Crippen molar-refractivity contribution < 1.29 is 14.3 Å². The van der Waals surface area contributed by atoms with E-state index in [9.17, 15) is 4.79 Å². The molecule has 130 valence electrons. The molecule has 3 aromatic rings. The highest BCUT2D eigenvalue weighted by Gasteiger charge is 2.13. The number of amides is 1. The Labute approximate surface area is 147 Å². The van der Waals surface area contributed by atoms with Gasteiger partial charge < -0.3 is 14.0 Å². The van der Waals surface area contributed by atoms with Crippen molar-refractivity contribution in [3.8, 4) is 11.5 Å². The molecule has 0 aliphatic rings. The Hall–Kier alpha value is -2.94. The Morgan fingerprint density at radius 3 is 2.76 bits per heavy atom. The number of hydrogen-bond acceptors (Lipinski definition) is 6. The van der Waals surface area contributed by atoms with Crippen molar-refractivity contribution in [3.63, 3.8) is 0 Å². The third-order valence-electron chi connectivity index (χ3n) is 3.48. The molecule has 1 aromatic carbocycles. The summed E-state index contributed by atoms with van der Waals surface area (Å²) in [5.41, 5.74) is 0.898. The van der Waals surface area contributed by atoms with Crippen molar-refractivity contribution in [1.82, 2.24) is 19.3 Å². The SMILES string of the molecule is C=CCn1c(=NC(=O)Cn2cncn2)sc2cc(OC)c(OC)cc21. The number of aromatic nitrogens is 4. The van der Waals surface area contributed by atoms with E-state index in [-0.39, 0.29) is 12.5 Å². The molecule has 0 saturated carbocycles. The molecule has 0 aliphatic heterocycles. The molecule has 2 aromatic heterocycles. The van der Waals surface area contributed by atoms with Crippen molar-refractivity contribution in [1.29, 1.82) is 0 Å². The van der Waals surface area contributed by atoms with Gasteiger partial charge in [0.05, 0.1) is 24.4 Å². The van der Waals surface area contributed by atoms with Crippen molar-refractivity contribution in [3.05, 3.63) is 42.2 Å². The van der Waals surface area contributed by atoms with Gasteiger partial charge in [0.25, 0.3) is 5.91 Å². The monoisotopic (exact) mass is 359 g/mol. The van der Waals surface area contributed by atoms with Crippen LogP contribution in [0.2, 0.25) is 0 Å². The van der Waals surface area contributed by atoms with E-state index in [1.807, 2.05) is 16.7 Å². The second kappa shape index (κ2) is 7.31. The van der Waals surface area contributed by atoms with Crippen LogP contribution in [-0.2, 0) is 17.9 Å². The Kier molecular flexibility index (Phi) is 4.94. The standard InChI is InChI=1S/C16H17N5O3S/c1-4-5-21-11-6-12(23-2)13(24-3)7-14(11)25-16(21)19-15(22)8-20-10-17-9-18-20/h4,6-7,9-10H,1,5,8H2,2-3H3. The maximum absolute atomic E-state index is 12.2. The second-order valence-corrected chi connectivity index (χ2v) is 6.07. The molecule has 0 bridgehead atoms. The van der Waals surface area contributed by atoms with Gasteiger partial charge in [-0.05, 0) is 0 Å². The molecule has 0 N–H and O–H groups in total. The smallest absolute Gasteiger partial charge is 0.270 e. The van der Waals surface area contributed by atoms with Gasteiger partial charge in [-0.25, -0.2) is 9.67 Å². The largest absolute Gasteiger partial charge is 0.493 e. The average Bonchev–Trinajstić information content (AvgIpc) is 3.22. The van der Waals surface area contributed by atoms with Crippen molar-refractivity contribution in [2.24, 2.45) is 4.99 Å². The number of allylic oxidation sites excluding steroid dienone is 1. The van der Waals surface area contributed by atoms with Gasteiger partial charge in [0.1, 0.15) is 19.2 Å². The Balaban J connectivity index is 2.10. The number of nitrogens with zero attached hydrogens (tertiary/aromatic N) is 5. The normalized spacial score (nSPS) is 11.7. The number of hydrogen-bond donors (Lipinski definition) is 0. The summed E-state index contributed by atoms with van der Waals surface area (Å²) in [5.74, 6) is 0.933. The lowest BCUT2D eigenvalue weighted by Gasteiger charge is -2.08. The van der Waals surface area contributed by atoms with E-state index in [4.69, 9.17) is 9.47 Å². The Morgan fingerprint density at radius 1 is 1.36 bits per heavy atom. The zero-order chi connectivity index (χ0) is 17.8. The molecule has 0 atom stereocenters. The summed E-state index contributed by atoms with van der Waals surface area (Å²) in [6.07, 6.45) is 4.61. The van der Waals surface area contributed by atoms with E-state index < -0.39 is 0 Å². The lowest BCUT2D eigenvalue weighted by Crippen LogP contribution is -2.18. The maximum Gasteiger partial charge on any atom is 0.270 e. The quantitative estimate of drug-likeness (QED) is 0.625. The molecule has 1 amide bonds. The van der Waals surface area contributed by atoms with E-state index in [2.05, 4.69) is 21.7 Å². The fourth-order valence-corrected chi connectivity index (χ4v) is 3.45. The summed E-state index contributed by atoms with van der Waals surface area (Å²) in [6.45, 7) is 4.33. The van der Waals surface area contributed by atoms with Gasteiger partial charge in [0.15, 0.2) is 16.3 Å². The molecule has 2 heterocycles. The van der Waals surface area contributed by atoms with Crippen LogP contribution in [0.3, 0.4) is 0 Å². The van der Waals surface area contributed by atoms with Crippen LogP contribution >= 0.6 is 11.3 Å². The first-order valence-corrected chi connectivity index (χ1v) is 8.24. The van der Waals surface area contributed by atoms with Crippen LogP contribution in [0, 0.1) is 0 Å². The van der Waals surface area contributed by atoms with Gasteiger partial charge in [-0.3, -0.25) is 4.79 Å². The van der Waals surface area contributed by atoms with Crippen LogP contribution in [0.4, 0.5) is 0 Å². The molecule has 0 unspecified atom stereocenters. The molecule has 0 saturated heterocycles. The number of ether oxygens (including phenoxy) is 2. The average molecular weight is 359 g/mol. The molecule has 3 rings (SSSR count). The van der Waals surface area contributed by atoms with Crippen molar-refractivity contribution >= 4 is 27.5 Å². The highest BCUT2D eigenvalue weighted by molar-refractivity contribution is 7.16. The number of thiazole rings is 1. The molecule has 0 fully saturated rings. The van der Waals surface area contributed by atoms with Gasteiger partial charge >= 0.3 is 0 Å². The van der Waals surface area contributed by atoms with Crippen LogP contribution in [0.25, 0.3) is 10.2 Å². The number of methoxy groups -OCH3 is 2. The maximum atomic E-state index is 12.2. The second-order valence-electron chi connectivity index (χ2n) is 5.06. The summed E-state index contributed by atoms with van der Waals surface area (Å²) in [6, 6.07) is 3.74. The van der Waals surface area contributed by atoms with E-state index in [1.165, 1.54) is 28.7 Å². The molecule has 8 nitrogen and oxygen atoms in total. The molecule has 9 heteroatoms. The zero-order valence-corrected chi connectivity index (χ0v) is 14.7. The Morgan fingerprint density at radius 2 is 2.12 bits per heavy atom. The molecule has 0 radical (unpaired) electrons. The van der Waals surface area contributed by atoms with Crippen LogP contribution < -0.4 is 14.3 Å². The van der Waals surface area contributed by atoms with Gasteiger partial charge in [-0.1, -0.05) is 17.4 Å². The summed E-state index contributed by atoms with van der Waals surface area (Å²) in [4.78, 5) is 20.8. The molecular formula is C16H17N5O3S. The lowest BCUT2D eigenvalue weighted by molar-refractivity contribution is -0.118. The summed E-state index contributed by atoms with van der Waals surface area (Å²) < 4.78 is 15.0. The van der Waals surface area contributed by atoms with Crippen molar-refractivity contribution in [2.75, 3.05) is 14.2 Å². The minimum absolute atomic E-state index is 0.0367. The highest BCUT2D eigenvalue weighted by atomic mass is 32.1. The molecule has 0 spiro atoms. The third kappa shape index (κ3) is 3.45. The van der Waals surface area contributed by atoms with Gasteiger partial charge in [-0.15, -0.1) is 6.58 Å². The predicted octanol–water partition coefficient (Wildman–Crippen LogP) is 1.62. The van der Waals surface area contributed by atoms with Crippen molar-refractivity contribution in [2.45, 2.75) is 13.1 Å². The number of benzene rings is 1. The first kappa shape index (κ1) is 16.9. The van der Waals surface area contributed by atoms with Gasteiger partial charge in [-0.2, -0.15) is 10.1 Å². The summed E-state index contributed by atoms with van der Waals surface area (Å²) in [5, 5.41) is 3.92. The Bertz CT molecular complexity index is 972. The van der Waals surface area contributed by atoms with Gasteiger partial charge in [0.2, 0.25) is 0 Å². The van der Waals surface area contributed by atoms with Crippen LogP contribution in [-0.4, -0.2) is 39.5 Å². The van der Waals surface area contributed by atoms with Gasteiger partial charge in [0, 0.05) is 18.7 Å². The number of carbonyl (C=O) groups excluding carboxylic acids is 1.